The van der Waals surface area contributed by atoms with Gasteiger partial charge in [0.25, 0.3) is 5.91 Å². The molecule has 2 amide bonds. The molecular formula is C20H20N2O4S. The normalized spacial score (nSPS) is 17.0. The van der Waals surface area contributed by atoms with Gasteiger partial charge in [-0.25, -0.2) is 0 Å². The van der Waals surface area contributed by atoms with Gasteiger partial charge in [-0.3, -0.25) is 14.4 Å². The summed E-state index contributed by atoms with van der Waals surface area (Å²) in [6.07, 6.45) is 1.75. The Morgan fingerprint density at radius 1 is 1.22 bits per heavy atom. The number of ketones is 1. The molecule has 1 fully saturated rings. The van der Waals surface area contributed by atoms with Gasteiger partial charge in [-0.05, 0) is 42.5 Å². The molecule has 1 N–H and O–H groups in total. The Bertz CT molecular complexity index is 870. The molecule has 1 aromatic heterocycles. The second-order valence-electron chi connectivity index (χ2n) is 6.82. The summed E-state index contributed by atoms with van der Waals surface area (Å²) in [4.78, 5) is 39.6. The number of likely N-dealkylation sites (tertiary alicyclic amines) is 1. The van der Waals surface area contributed by atoms with Gasteiger partial charge in [-0.2, -0.15) is 0 Å². The predicted molar refractivity (Wildman–Crippen MR) is 102 cm³/mol. The Balaban J connectivity index is 1.36. The lowest BCUT2D eigenvalue weighted by Crippen LogP contribution is -2.41. The molecule has 0 saturated carbocycles. The molecule has 0 atom stereocenters. The van der Waals surface area contributed by atoms with Crippen molar-refractivity contribution < 1.29 is 19.1 Å². The number of fused-ring (bicyclic) bond motifs is 1. The topological polar surface area (TPSA) is 75.7 Å². The summed E-state index contributed by atoms with van der Waals surface area (Å²) < 4.78 is 5.33. The molecular weight excluding hydrogens is 364 g/mol. The van der Waals surface area contributed by atoms with E-state index in [1.807, 2.05) is 22.4 Å². The smallest absolute Gasteiger partial charge is 0.262 e. The number of piperidine rings is 1. The minimum Gasteiger partial charge on any atom is -0.482 e. The number of carbonyl (C=O) groups excluding carboxylic acids is 3. The molecule has 7 heteroatoms. The van der Waals surface area contributed by atoms with Gasteiger partial charge in [0.2, 0.25) is 5.91 Å². The second-order valence-corrected chi connectivity index (χ2v) is 7.86. The van der Waals surface area contributed by atoms with Crippen LogP contribution in [0, 0.1) is 5.92 Å². The summed E-state index contributed by atoms with van der Waals surface area (Å²) in [6, 6.07) is 9.07. The summed E-state index contributed by atoms with van der Waals surface area (Å²) in [6.45, 7) is 1.20. The van der Waals surface area contributed by atoms with Crippen LogP contribution in [0.5, 0.6) is 5.75 Å². The van der Waals surface area contributed by atoms with Gasteiger partial charge in [0.15, 0.2) is 12.4 Å². The van der Waals surface area contributed by atoms with Crippen LogP contribution in [-0.4, -0.2) is 42.2 Å². The standard InChI is InChI=1S/C20H20N2O4S/c23-18-12-26-17-4-3-14(10-16(17)21-18)20(25)13-5-7-22(8-6-13)19(24)11-15-2-1-9-27-15/h1-4,9-10,13H,5-8,11-12H2,(H,21,23). The zero-order chi connectivity index (χ0) is 18.8. The van der Waals surface area contributed by atoms with Crippen LogP contribution in [0.3, 0.4) is 0 Å². The molecule has 1 saturated heterocycles. The van der Waals surface area contributed by atoms with E-state index in [0.29, 0.717) is 49.4 Å². The Morgan fingerprint density at radius 2 is 2.04 bits per heavy atom. The third-order valence-corrected chi connectivity index (χ3v) is 5.90. The Kier molecular flexibility index (Phi) is 4.94. The average Bonchev–Trinajstić information content (AvgIpc) is 3.20. The van der Waals surface area contributed by atoms with Crippen LogP contribution in [0.15, 0.2) is 35.7 Å². The summed E-state index contributed by atoms with van der Waals surface area (Å²) in [7, 11) is 0. The van der Waals surface area contributed by atoms with Gasteiger partial charge in [-0.1, -0.05) is 6.07 Å². The number of rotatable bonds is 4. The van der Waals surface area contributed by atoms with E-state index < -0.39 is 0 Å². The monoisotopic (exact) mass is 384 g/mol. The van der Waals surface area contributed by atoms with Gasteiger partial charge >= 0.3 is 0 Å². The van der Waals surface area contributed by atoms with E-state index in [9.17, 15) is 14.4 Å². The number of nitrogens with zero attached hydrogens (tertiary/aromatic N) is 1. The van der Waals surface area contributed by atoms with Crippen molar-refractivity contribution in [3.05, 3.63) is 46.2 Å². The van der Waals surface area contributed by atoms with Crippen molar-refractivity contribution in [2.75, 3.05) is 25.0 Å². The second kappa shape index (κ2) is 7.52. The third kappa shape index (κ3) is 3.88. The Morgan fingerprint density at radius 3 is 2.78 bits per heavy atom. The van der Waals surface area contributed by atoms with Crippen LogP contribution in [0.2, 0.25) is 0 Å². The predicted octanol–water partition coefficient (Wildman–Crippen LogP) is 2.74. The van der Waals surface area contributed by atoms with Crippen molar-refractivity contribution >= 4 is 34.6 Å². The molecule has 27 heavy (non-hydrogen) atoms. The van der Waals surface area contributed by atoms with Crippen LogP contribution < -0.4 is 10.1 Å². The Labute approximate surface area is 161 Å². The lowest BCUT2D eigenvalue weighted by molar-refractivity contribution is -0.131. The van der Waals surface area contributed by atoms with E-state index >= 15 is 0 Å². The highest BCUT2D eigenvalue weighted by Gasteiger charge is 2.29. The Hall–Kier alpha value is -2.67. The zero-order valence-corrected chi connectivity index (χ0v) is 15.6. The average molecular weight is 384 g/mol. The lowest BCUT2D eigenvalue weighted by Gasteiger charge is -2.31. The number of hydrogen-bond donors (Lipinski definition) is 1. The molecule has 140 valence electrons. The molecule has 4 rings (SSSR count). The first-order valence-electron chi connectivity index (χ1n) is 9.01. The molecule has 0 bridgehead atoms. The van der Waals surface area contributed by atoms with E-state index in [2.05, 4.69) is 5.32 Å². The molecule has 0 spiro atoms. The summed E-state index contributed by atoms with van der Waals surface area (Å²) in [5, 5.41) is 4.70. The van der Waals surface area contributed by atoms with Gasteiger partial charge in [0, 0.05) is 29.4 Å². The first-order valence-corrected chi connectivity index (χ1v) is 9.89. The molecule has 0 radical (unpaired) electrons. The van der Waals surface area contributed by atoms with E-state index in [0.717, 1.165) is 4.88 Å². The van der Waals surface area contributed by atoms with Gasteiger partial charge in [-0.15, -0.1) is 11.3 Å². The number of hydrogen-bond acceptors (Lipinski definition) is 5. The van der Waals surface area contributed by atoms with E-state index in [4.69, 9.17) is 4.74 Å². The van der Waals surface area contributed by atoms with Crippen molar-refractivity contribution in [3.8, 4) is 5.75 Å². The number of carbonyl (C=O) groups is 3. The molecule has 1 aromatic carbocycles. The summed E-state index contributed by atoms with van der Waals surface area (Å²) >= 11 is 1.59. The van der Waals surface area contributed by atoms with Crippen LogP contribution in [0.1, 0.15) is 28.1 Å². The van der Waals surface area contributed by atoms with Crippen molar-refractivity contribution in [1.29, 1.82) is 0 Å². The van der Waals surface area contributed by atoms with Crippen molar-refractivity contribution in [3.63, 3.8) is 0 Å². The SMILES string of the molecule is O=C1COc2ccc(C(=O)C3CCN(C(=O)Cc4cccs4)CC3)cc2N1. The number of benzene rings is 1. The first kappa shape index (κ1) is 17.7. The molecule has 0 aliphatic carbocycles. The summed E-state index contributed by atoms with van der Waals surface area (Å²) in [5.41, 5.74) is 1.11. The van der Waals surface area contributed by atoms with Crippen LogP contribution in [-0.2, 0) is 16.0 Å². The fourth-order valence-corrected chi connectivity index (χ4v) is 4.23. The fraction of sp³-hybridized carbons (Fsp3) is 0.350. The lowest BCUT2D eigenvalue weighted by atomic mass is 9.88. The number of ether oxygens (including phenoxy) is 1. The minimum absolute atomic E-state index is 0.00173. The van der Waals surface area contributed by atoms with E-state index in [1.54, 1.807) is 29.5 Å². The highest BCUT2D eigenvalue weighted by atomic mass is 32.1. The van der Waals surface area contributed by atoms with Gasteiger partial charge in [0.05, 0.1) is 12.1 Å². The molecule has 2 aromatic rings. The van der Waals surface area contributed by atoms with Crippen molar-refractivity contribution in [1.82, 2.24) is 4.90 Å². The third-order valence-electron chi connectivity index (χ3n) is 5.02. The van der Waals surface area contributed by atoms with Crippen molar-refractivity contribution in [2.45, 2.75) is 19.3 Å². The number of Topliss-reactive ketones (excluding diaryl/α,β-unsaturated/α-hetero) is 1. The van der Waals surface area contributed by atoms with Crippen LogP contribution >= 0.6 is 11.3 Å². The summed E-state index contributed by atoms with van der Waals surface area (Å²) in [5.74, 6) is 0.443. The molecule has 2 aliphatic rings. The largest absolute Gasteiger partial charge is 0.482 e. The maximum absolute atomic E-state index is 12.8. The number of nitrogens with one attached hydrogen (secondary N) is 1. The van der Waals surface area contributed by atoms with E-state index in [1.165, 1.54) is 0 Å². The van der Waals surface area contributed by atoms with Gasteiger partial charge < -0.3 is 15.0 Å². The zero-order valence-electron chi connectivity index (χ0n) is 14.8. The first-order chi connectivity index (χ1) is 13.1. The molecule has 2 aliphatic heterocycles. The minimum atomic E-state index is -0.218. The maximum Gasteiger partial charge on any atom is 0.262 e. The number of amides is 2. The van der Waals surface area contributed by atoms with Gasteiger partial charge in [0.1, 0.15) is 5.75 Å². The highest BCUT2D eigenvalue weighted by molar-refractivity contribution is 7.10. The molecule has 0 unspecified atom stereocenters. The van der Waals surface area contributed by atoms with E-state index in [-0.39, 0.29) is 30.1 Å². The fourth-order valence-electron chi connectivity index (χ4n) is 3.54. The van der Waals surface area contributed by atoms with Crippen LogP contribution in [0.4, 0.5) is 5.69 Å². The van der Waals surface area contributed by atoms with Crippen molar-refractivity contribution in [2.24, 2.45) is 5.92 Å². The van der Waals surface area contributed by atoms with Crippen LogP contribution in [0.25, 0.3) is 0 Å². The molecule has 6 nitrogen and oxygen atoms in total. The number of anilines is 1. The molecule has 3 heterocycles. The quantitative estimate of drug-likeness (QED) is 0.823. The highest BCUT2D eigenvalue weighted by Crippen LogP contribution is 2.31. The maximum atomic E-state index is 12.8. The number of thiophene rings is 1.